The minimum atomic E-state index is -1.04. The Morgan fingerprint density at radius 2 is 2.07 bits per heavy atom. The van der Waals surface area contributed by atoms with Crippen LogP contribution in [0.3, 0.4) is 0 Å². The van der Waals surface area contributed by atoms with Gasteiger partial charge in [-0.1, -0.05) is 0 Å². The second-order valence-electron chi connectivity index (χ2n) is 3.26. The highest BCUT2D eigenvalue weighted by Crippen LogP contribution is 2.06. The summed E-state index contributed by atoms with van der Waals surface area (Å²) in [6, 6.07) is 0. The first-order valence-electron chi connectivity index (χ1n) is 4.76. The number of amides is 1. The normalized spacial score (nSPS) is 18.6. The fourth-order valence-corrected chi connectivity index (χ4v) is 1.42. The van der Waals surface area contributed by atoms with Crippen LogP contribution in [-0.4, -0.2) is 61.4 Å². The summed E-state index contributed by atoms with van der Waals surface area (Å²) in [6.45, 7) is 1.99. The van der Waals surface area contributed by atoms with Gasteiger partial charge < -0.3 is 19.5 Å². The van der Waals surface area contributed by atoms with Gasteiger partial charge in [0.2, 0.25) is 0 Å². The summed E-state index contributed by atoms with van der Waals surface area (Å²) in [5, 5.41) is 8.59. The summed E-state index contributed by atoms with van der Waals surface area (Å²) in [5.74, 6) is -1.31. The van der Waals surface area contributed by atoms with Crippen molar-refractivity contribution in [3.63, 3.8) is 0 Å². The van der Waals surface area contributed by atoms with Gasteiger partial charge in [-0.3, -0.25) is 9.59 Å². The Bertz CT molecular complexity index is 237. The summed E-state index contributed by atoms with van der Waals surface area (Å²) in [6.07, 6.45) is -1.19. The molecule has 1 aliphatic heterocycles. The second-order valence-corrected chi connectivity index (χ2v) is 3.26. The van der Waals surface area contributed by atoms with Crippen LogP contribution < -0.4 is 0 Å². The highest BCUT2D eigenvalue weighted by molar-refractivity contribution is 5.85. The van der Waals surface area contributed by atoms with Crippen molar-refractivity contribution < 1.29 is 24.2 Å². The third-order valence-electron chi connectivity index (χ3n) is 2.24. The third-order valence-corrected chi connectivity index (χ3v) is 2.24. The van der Waals surface area contributed by atoms with E-state index in [2.05, 4.69) is 0 Å². The van der Waals surface area contributed by atoms with Crippen molar-refractivity contribution >= 4 is 11.9 Å². The quantitative estimate of drug-likeness (QED) is 0.676. The molecular weight excluding hydrogens is 202 g/mol. The Kier molecular flexibility index (Phi) is 4.51. The van der Waals surface area contributed by atoms with E-state index < -0.39 is 12.1 Å². The van der Waals surface area contributed by atoms with Crippen molar-refractivity contribution in [3.8, 4) is 0 Å². The van der Waals surface area contributed by atoms with Crippen LogP contribution in [0.4, 0.5) is 0 Å². The molecule has 1 saturated heterocycles. The minimum absolute atomic E-state index is 0.275. The number of rotatable bonds is 4. The average molecular weight is 217 g/mol. The van der Waals surface area contributed by atoms with Crippen molar-refractivity contribution in [1.82, 2.24) is 4.90 Å². The Labute approximate surface area is 87.8 Å². The predicted octanol–water partition coefficient (Wildman–Crippen LogP) is -0.665. The van der Waals surface area contributed by atoms with Gasteiger partial charge >= 0.3 is 5.97 Å². The van der Waals surface area contributed by atoms with Crippen molar-refractivity contribution in [2.75, 3.05) is 33.4 Å². The maximum absolute atomic E-state index is 11.7. The molecule has 6 nitrogen and oxygen atoms in total. The molecule has 0 bridgehead atoms. The van der Waals surface area contributed by atoms with Gasteiger partial charge in [0.15, 0.2) is 0 Å². The van der Waals surface area contributed by atoms with Crippen LogP contribution >= 0.6 is 0 Å². The molecule has 0 spiro atoms. The molecule has 1 N–H and O–H groups in total. The maximum Gasteiger partial charge on any atom is 0.306 e. The Hall–Kier alpha value is -1.14. The number of nitrogens with zero attached hydrogens (tertiary/aromatic N) is 1. The predicted molar refractivity (Wildman–Crippen MR) is 50.4 cm³/mol. The molecule has 0 aliphatic carbocycles. The zero-order valence-electron chi connectivity index (χ0n) is 8.64. The number of hydrogen-bond acceptors (Lipinski definition) is 4. The fourth-order valence-electron chi connectivity index (χ4n) is 1.42. The van der Waals surface area contributed by atoms with Crippen LogP contribution in [0.15, 0.2) is 0 Å². The average Bonchev–Trinajstić information content (AvgIpc) is 2.26. The van der Waals surface area contributed by atoms with E-state index in [1.165, 1.54) is 7.11 Å². The number of hydrogen-bond donors (Lipinski definition) is 1. The van der Waals surface area contributed by atoms with Crippen molar-refractivity contribution in [1.29, 1.82) is 0 Å². The number of morpholine rings is 1. The number of ether oxygens (including phenoxy) is 2. The summed E-state index contributed by atoms with van der Waals surface area (Å²) < 4.78 is 9.96. The molecule has 6 heteroatoms. The zero-order valence-corrected chi connectivity index (χ0v) is 8.64. The Morgan fingerprint density at radius 1 is 1.47 bits per heavy atom. The summed E-state index contributed by atoms with van der Waals surface area (Å²) in [4.78, 5) is 23.8. The SMILES string of the molecule is CO[C@@H](CC(=O)O)C(=O)N1CCOCC1. The molecular formula is C9H15NO5. The van der Waals surface area contributed by atoms with Crippen LogP contribution in [0.1, 0.15) is 6.42 Å². The molecule has 0 saturated carbocycles. The van der Waals surface area contributed by atoms with Crippen LogP contribution in [0.25, 0.3) is 0 Å². The molecule has 1 fully saturated rings. The van der Waals surface area contributed by atoms with E-state index in [-0.39, 0.29) is 12.3 Å². The maximum atomic E-state index is 11.7. The van der Waals surface area contributed by atoms with E-state index in [1.807, 2.05) is 0 Å². The van der Waals surface area contributed by atoms with E-state index in [1.54, 1.807) is 4.90 Å². The number of aliphatic carboxylic acids is 1. The first kappa shape index (κ1) is 11.9. The molecule has 86 valence electrons. The second kappa shape index (κ2) is 5.67. The molecule has 1 heterocycles. The van der Waals surface area contributed by atoms with E-state index in [0.717, 1.165) is 0 Å². The number of methoxy groups -OCH3 is 1. The van der Waals surface area contributed by atoms with Crippen molar-refractivity contribution in [2.45, 2.75) is 12.5 Å². The molecule has 1 amide bonds. The lowest BCUT2D eigenvalue weighted by Gasteiger charge is -2.29. The highest BCUT2D eigenvalue weighted by atomic mass is 16.5. The Morgan fingerprint density at radius 3 is 2.53 bits per heavy atom. The van der Waals surface area contributed by atoms with Gasteiger partial charge in [0.1, 0.15) is 6.10 Å². The summed E-state index contributed by atoms with van der Waals surface area (Å²) in [5.41, 5.74) is 0. The van der Waals surface area contributed by atoms with Crippen LogP contribution in [-0.2, 0) is 19.1 Å². The van der Waals surface area contributed by atoms with Gasteiger partial charge in [-0.15, -0.1) is 0 Å². The lowest BCUT2D eigenvalue weighted by molar-refractivity contribution is -0.152. The lowest BCUT2D eigenvalue weighted by atomic mass is 10.2. The van der Waals surface area contributed by atoms with E-state index in [4.69, 9.17) is 14.6 Å². The zero-order chi connectivity index (χ0) is 11.3. The van der Waals surface area contributed by atoms with Crippen LogP contribution in [0.5, 0.6) is 0 Å². The number of carboxylic acid groups (broad SMARTS) is 1. The molecule has 1 aliphatic rings. The first-order valence-corrected chi connectivity index (χ1v) is 4.76. The van der Waals surface area contributed by atoms with Crippen LogP contribution in [0, 0.1) is 0 Å². The molecule has 1 rings (SSSR count). The molecule has 0 aromatic rings. The fraction of sp³-hybridized carbons (Fsp3) is 0.778. The van der Waals surface area contributed by atoms with E-state index >= 15 is 0 Å². The van der Waals surface area contributed by atoms with Gasteiger partial charge in [-0.2, -0.15) is 0 Å². The van der Waals surface area contributed by atoms with Gasteiger partial charge in [-0.25, -0.2) is 0 Å². The van der Waals surface area contributed by atoms with E-state index in [9.17, 15) is 9.59 Å². The third kappa shape index (κ3) is 3.49. The largest absolute Gasteiger partial charge is 0.481 e. The van der Waals surface area contributed by atoms with E-state index in [0.29, 0.717) is 26.3 Å². The number of carbonyl (C=O) groups excluding carboxylic acids is 1. The summed E-state index contributed by atoms with van der Waals surface area (Å²) in [7, 11) is 1.34. The topological polar surface area (TPSA) is 76.1 Å². The smallest absolute Gasteiger partial charge is 0.306 e. The molecule has 15 heavy (non-hydrogen) atoms. The summed E-state index contributed by atoms with van der Waals surface area (Å²) >= 11 is 0. The molecule has 0 aromatic carbocycles. The molecule has 0 unspecified atom stereocenters. The van der Waals surface area contributed by atoms with Gasteiger partial charge in [0.05, 0.1) is 19.6 Å². The minimum Gasteiger partial charge on any atom is -0.481 e. The van der Waals surface area contributed by atoms with Crippen molar-refractivity contribution in [2.24, 2.45) is 0 Å². The standard InChI is InChI=1S/C9H15NO5/c1-14-7(6-8(11)12)9(13)10-2-4-15-5-3-10/h7H,2-6H2,1H3,(H,11,12)/t7-/m0/s1. The van der Waals surface area contributed by atoms with Gasteiger partial charge in [0, 0.05) is 20.2 Å². The van der Waals surface area contributed by atoms with Gasteiger partial charge in [0.25, 0.3) is 5.91 Å². The highest BCUT2D eigenvalue weighted by Gasteiger charge is 2.27. The van der Waals surface area contributed by atoms with Gasteiger partial charge in [-0.05, 0) is 0 Å². The molecule has 0 radical (unpaired) electrons. The number of carboxylic acids is 1. The molecule has 1 atom stereocenters. The van der Waals surface area contributed by atoms with Crippen molar-refractivity contribution in [3.05, 3.63) is 0 Å². The molecule has 0 aromatic heterocycles. The lowest BCUT2D eigenvalue weighted by Crippen LogP contribution is -2.46. The first-order chi connectivity index (χ1) is 7.15. The number of carbonyl (C=O) groups is 2. The van der Waals surface area contributed by atoms with Crippen LogP contribution in [0.2, 0.25) is 0 Å². The monoisotopic (exact) mass is 217 g/mol. The Balaban J connectivity index is 2.50.